The summed E-state index contributed by atoms with van der Waals surface area (Å²) in [6.45, 7) is 2.36. The summed E-state index contributed by atoms with van der Waals surface area (Å²) >= 11 is 0. The number of nitrogens with one attached hydrogen (secondary N) is 1. The Kier molecular flexibility index (Phi) is 3.10. The molecule has 0 aliphatic heterocycles. The van der Waals surface area contributed by atoms with Gasteiger partial charge in [0.05, 0.1) is 0 Å². The third kappa shape index (κ3) is 2.40. The van der Waals surface area contributed by atoms with Crippen LogP contribution in [0, 0.1) is 11.8 Å². The van der Waals surface area contributed by atoms with Crippen LogP contribution in [0.3, 0.4) is 0 Å². The monoisotopic (exact) mass is 207 g/mol. The Morgan fingerprint density at radius 2 is 2.33 bits per heavy atom. The number of imidazole rings is 1. The molecule has 0 radical (unpaired) electrons. The molecule has 0 saturated heterocycles. The van der Waals surface area contributed by atoms with E-state index < -0.39 is 0 Å². The average molecular weight is 207 g/mol. The van der Waals surface area contributed by atoms with Crippen molar-refractivity contribution in [2.24, 2.45) is 18.9 Å². The molecule has 1 heterocycles. The number of hydrogen-bond donors (Lipinski definition) is 1. The van der Waals surface area contributed by atoms with Gasteiger partial charge in [-0.15, -0.1) is 0 Å². The predicted octanol–water partition coefficient (Wildman–Crippen LogP) is 1.60. The first-order chi connectivity index (χ1) is 7.22. The zero-order valence-corrected chi connectivity index (χ0v) is 9.90. The second-order valence-electron chi connectivity index (χ2n) is 4.75. The van der Waals surface area contributed by atoms with Crippen molar-refractivity contribution < 1.29 is 0 Å². The largest absolute Gasteiger partial charge is 0.338 e. The molecule has 0 bridgehead atoms. The SMILES string of the molecule is CNC(Cc1nccn1C)C(C)C1CC1. The number of likely N-dealkylation sites (N-methyl/N-ethyl adjacent to an activating group) is 1. The summed E-state index contributed by atoms with van der Waals surface area (Å²) in [5, 5.41) is 3.44. The Bertz CT molecular complexity index is 314. The molecule has 3 heteroatoms. The van der Waals surface area contributed by atoms with Crippen LogP contribution in [0.5, 0.6) is 0 Å². The van der Waals surface area contributed by atoms with Crippen LogP contribution in [0.4, 0.5) is 0 Å². The summed E-state index contributed by atoms with van der Waals surface area (Å²) in [7, 11) is 4.13. The van der Waals surface area contributed by atoms with E-state index in [1.165, 1.54) is 18.7 Å². The van der Waals surface area contributed by atoms with E-state index in [0.717, 1.165) is 18.3 Å². The number of hydrogen-bond acceptors (Lipinski definition) is 2. The summed E-state index contributed by atoms with van der Waals surface area (Å²) in [5.41, 5.74) is 0. The van der Waals surface area contributed by atoms with Gasteiger partial charge in [-0.05, 0) is 31.7 Å². The van der Waals surface area contributed by atoms with Gasteiger partial charge in [0.15, 0.2) is 0 Å². The van der Waals surface area contributed by atoms with Crippen LogP contribution in [-0.2, 0) is 13.5 Å². The minimum Gasteiger partial charge on any atom is -0.338 e. The minimum absolute atomic E-state index is 0.568. The third-order valence-corrected chi connectivity index (χ3v) is 3.69. The van der Waals surface area contributed by atoms with Crippen LogP contribution in [0.15, 0.2) is 12.4 Å². The van der Waals surface area contributed by atoms with E-state index >= 15 is 0 Å². The first-order valence-corrected chi connectivity index (χ1v) is 5.86. The summed E-state index contributed by atoms with van der Waals surface area (Å²) in [5.74, 6) is 2.90. The Hall–Kier alpha value is -0.830. The highest BCUT2D eigenvalue weighted by Crippen LogP contribution is 2.38. The molecule has 0 aromatic carbocycles. The van der Waals surface area contributed by atoms with E-state index in [1.54, 1.807) is 0 Å². The van der Waals surface area contributed by atoms with E-state index in [2.05, 4.69) is 35.9 Å². The van der Waals surface area contributed by atoms with Crippen LogP contribution in [0.25, 0.3) is 0 Å². The van der Waals surface area contributed by atoms with Gasteiger partial charge >= 0.3 is 0 Å². The average Bonchev–Trinajstić information content (AvgIpc) is 3.00. The molecule has 2 unspecified atom stereocenters. The van der Waals surface area contributed by atoms with Gasteiger partial charge < -0.3 is 9.88 Å². The topological polar surface area (TPSA) is 29.9 Å². The van der Waals surface area contributed by atoms with Gasteiger partial charge in [0.1, 0.15) is 5.82 Å². The zero-order chi connectivity index (χ0) is 10.8. The third-order valence-electron chi connectivity index (χ3n) is 3.69. The summed E-state index contributed by atoms with van der Waals surface area (Å²) < 4.78 is 2.12. The number of aromatic nitrogens is 2. The predicted molar refractivity (Wildman–Crippen MR) is 61.6 cm³/mol. The fourth-order valence-corrected chi connectivity index (χ4v) is 2.29. The van der Waals surface area contributed by atoms with Crippen molar-refractivity contribution in [1.82, 2.24) is 14.9 Å². The Labute approximate surface area is 91.9 Å². The van der Waals surface area contributed by atoms with E-state index in [1.807, 2.05) is 12.4 Å². The first-order valence-electron chi connectivity index (χ1n) is 5.86. The first kappa shape index (κ1) is 10.7. The van der Waals surface area contributed by atoms with E-state index in [4.69, 9.17) is 0 Å². The van der Waals surface area contributed by atoms with Crippen molar-refractivity contribution in [2.75, 3.05) is 7.05 Å². The molecule has 15 heavy (non-hydrogen) atoms. The molecule has 3 nitrogen and oxygen atoms in total. The normalized spacial score (nSPS) is 20.2. The Morgan fingerprint density at radius 1 is 1.60 bits per heavy atom. The minimum atomic E-state index is 0.568. The lowest BCUT2D eigenvalue weighted by Gasteiger charge is -2.23. The van der Waals surface area contributed by atoms with E-state index in [0.29, 0.717) is 6.04 Å². The van der Waals surface area contributed by atoms with Crippen molar-refractivity contribution in [3.05, 3.63) is 18.2 Å². The molecule has 2 rings (SSSR count). The molecular formula is C12H21N3. The van der Waals surface area contributed by atoms with Gasteiger partial charge in [-0.25, -0.2) is 4.98 Å². The van der Waals surface area contributed by atoms with Gasteiger partial charge in [-0.2, -0.15) is 0 Å². The smallest absolute Gasteiger partial charge is 0.109 e. The molecule has 1 aliphatic carbocycles. The lowest BCUT2D eigenvalue weighted by atomic mass is 9.94. The van der Waals surface area contributed by atoms with Crippen molar-refractivity contribution >= 4 is 0 Å². The molecule has 1 N–H and O–H groups in total. The number of aryl methyl sites for hydroxylation is 1. The van der Waals surface area contributed by atoms with Crippen molar-refractivity contribution in [3.8, 4) is 0 Å². The highest BCUT2D eigenvalue weighted by molar-refractivity contribution is 4.97. The molecule has 0 spiro atoms. The Balaban J connectivity index is 1.98. The molecular weight excluding hydrogens is 186 g/mol. The van der Waals surface area contributed by atoms with Crippen LogP contribution in [-0.4, -0.2) is 22.6 Å². The molecule has 1 aromatic rings. The molecule has 1 aliphatic rings. The van der Waals surface area contributed by atoms with Crippen molar-refractivity contribution in [2.45, 2.75) is 32.2 Å². The molecule has 1 fully saturated rings. The quantitative estimate of drug-likeness (QED) is 0.794. The van der Waals surface area contributed by atoms with Crippen LogP contribution >= 0.6 is 0 Å². The lowest BCUT2D eigenvalue weighted by Crippen LogP contribution is -2.36. The summed E-state index contributed by atoms with van der Waals surface area (Å²) in [6, 6.07) is 0.568. The van der Waals surface area contributed by atoms with Gasteiger partial charge in [0.2, 0.25) is 0 Å². The molecule has 2 atom stereocenters. The van der Waals surface area contributed by atoms with Crippen LogP contribution in [0.1, 0.15) is 25.6 Å². The molecule has 84 valence electrons. The van der Waals surface area contributed by atoms with Crippen molar-refractivity contribution in [3.63, 3.8) is 0 Å². The summed E-state index contributed by atoms with van der Waals surface area (Å²) in [6.07, 6.45) is 7.77. The van der Waals surface area contributed by atoms with Gasteiger partial charge in [0.25, 0.3) is 0 Å². The fourth-order valence-electron chi connectivity index (χ4n) is 2.29. The highest BCUT2D eigenvalue weighted by atomic mass is 15.0. The van der Waals surface area contributed by atoms with Crippen molar-refractivity contribution in [1.29, 1.82) is 0 Å². The van der Waals surface area contributed by atoms with Gasteiger partial charge in [-0.1, -0.05) is 6.92 Å². The van der Waals surface area contributed by atoms with Gasteiger partial charge in [0, 0.05) is 31.9 Å². The molecule has 1 aromatic heterocycles. The second kappa shape index (κ2) is 4.35. The Morgan fingerprint density at radius 3 is 2.80 bits per heavy atom. The molecule has 1 saturated carbocycles. The highest BCUT2D eigenvalue weighted by Gasteiger charge is 2.32. The van der Waals surface area contributed by atoms with Crippen LogP contribution in [0.2, 0.25) is 0 Å². The van der Waals surface area contributed by atoms with Crippen LogP contribution < -0.4 is 5.32 Å². The number of nitrogens with zero attached hydrogens (tertiary/aromatic N) is 2. The lowest BCUT2D eigenvalue weighted by molar-refractivity contribution is 0.351. The maximum Gasteiger partial charge on any atom is 0.109 e. The summed E-state index contributed by atoms with van der Waals surface area (Å²) in [4.78, 5) is 4.39. The maximum atomic E-state index is 4.39. The van der Waals surface area contributed by atoms with E-state index in [9.17, 15) is 0 Å². The second-order valence-corrected chi connectivity index (χ2v) is 4.75. The number of rotatable bonds is 5. The van der Waals surface area contributed by atoms with E-state index in [-0.39, 0.29) is 0 Å². The maximum absolute atomic E-state index is 4.39. The fraction of sp³-hybridized carbons (Fsp3) is 0.750. The zero-order valence-electron chi connectivity index (χ0n) is 9.90. The standard InChI is InChI=1S/C12H21N3/c1-9(10-4-5-10)11(13-2)8-12-14-6-7-15(12)3/h6-7,9-11,13H,4-5,8H2,1-3H3. The van der Waals surface area contributed by atoms with Gasteiger partial charge in [-0.3, -0.25) is 0 Å². The molecule has 0 amide bonds.